The molecule has 2 aromatic carbocycles. The van der Waals surface area contributed by atoms with Gasteiger partial charge in [0, 0.05) is 12.7 Å². The Morgan fingerprint density at radius 3 is 2.46 bits per heavy atom. The van der Waals surface area contributed by atoms with E-state index in [1.165, 1.54) is 17.7 Å². The lowest BCUT2D eigenvalue weighted by atomic mass is 9.75. The van der Waals surface area contributed by atoms with Crippen molar-refractivity contribution in [3.05, 3.63) is 59.7 Å². The van der Waals surface area contributed by atoms with E-state index < -0.39 is 12.3 Å². The second-order valence-corrected chi connectivity index (χ2v) is 7.19. The maximum absolute atomic E-state index is 12.3. The average Bonchev–Trinajstić information content (AvgIpc) is 3.13. The van der Waals surface area contributed by atoms with E-state index in [2.05, 4.69) is 40.8 Å². The molecule has 2 aliphatic rings. The Hall–Kier alpha value is -2.63. The van der Waals surface area contributed by atoms with Gasteiger partial charge in [-0.25, -0.2) is 0 Å². The fourth-order valence-electron chi connectivity index (χ4n) is 4.04. The molecule has 136 valence electrons. The van der Waals surface area contributed by atoms with Gasteiger partial charge in [-0.05, 0) is 55.3 Å². The van der Waals surface area contributed by atoms with Crippen LogP contribution in [0.1, 0.15) is 31.4 Å². The second-order valence-electron chi connectivity index (χ2n) is 7.19. The first-order valence-corrected chi connectivity index (χ1v) is 8.49. The third kappa shape index (κ3) is 2.28. The normalized spacial score (nSPS) is 23.2. The Balaban J connectivity index is 1.62. The summed E-state index contributed by atoms with van der Waals surface area (Å²) >= 11 is 0. The summed E-state index contributed by atoms with van der Waals surface area (Å²) < 4.78 is 29.0. The molecule has 0 amide bonds. The summed E-state index contributed by atoms with van der Waals surface area (Å²) in [6.07, 6.45) is 0.597. The number of ether oxygens (including phenoxy) is 1. The average molecular weight is 358 g/mol. The molecule has 0 aromatic heterocycles. The van der Waals surface area contributed by atoms with E-state index in [0.29, 0.717) is 6.42 Å². The highest BCUT2D eigenvalue weighted by molar-refractivity contribution is 6.02. The standard InChI is InChI=1S/C20H20F2N2O2/c1-19(2)15-6-4-5-7-17(15)24(3)20(19)12-16(23-26-20)13-8-10-14(11-9-13)25-18(21)22/h4-11,18H,12H2,1-3H3/t20-/m0/s1. The Bertz CT molecular complexity index is 864. The van der Waals surface area contributed by atoms with Crippen molar-refractivity contribution < 1.29 is 18.4 Å². The number of hydrogen-bond donors (Lipinski definition) is 0. The lowest BCUT2D eigenvalue weighted by Crippen LogP contribution is -2.54. The predicted octanol–water partition coefficient (Wildman–Crippen LogP) is 4.54. The van der Waals surface area contributed by atoms with Gasteiger partial charge in [-0.3, -0.25) is 0 Å². The van der Waals surface area contributed by atoms with Gasteiger partial charge in [-0.2, -0.15) is 8.78 Å². The third-order valence-electron chi connectivity index (χ3n) is 5.58. The number of fused-ring (bicyclic) bond motifs is 1. The van der Waals surface area contributed by atoms with Crippen molar-refractivity contribution in [2.24, 2.45) is 5.16 Å². The highest BCUT2D eigenvalue weighted by atomic mass is 19.3. The van der Waals surface area contributed by atoms with Crippen LogP contribution in [0.15, 0.2) is 53.7 Å². The monoisotopic (exact) mass is 358 g/mol. The van der Waals surface area contributed by atoms with E-state index in [-0.39, 0.29) is 11.2 Å². The van der Waals surface area contributed by atoms with Crippen molar-refractivity contribution in [3.8, 4) is 5.75 Å². The van der Waals surface area contributed by atoms with Crippen LogP contribution in [0.2, 0.25) is 0 Å². The van der Waals surface area contributed by atoms with Gasteiger partial charge in [0.05, 0.1) is 17.5 Å². The smallest absolute Gasteiger partial charge is 0.387 e. The summed E-state index contributed by atoms with van der Waals surface area (Å²) in [4.78, 5) is 8.18. The molecule has 0 fully saturated rings. The number of benzene rings is 2. The third-order valence-corrected chi connectivity index (χ3v) is 5.58. The number of nitrogens with zero attached hydrogens (tertiary/aromatic N) is 2. The second kappa shape index (κ2) is 5.69. The molecule has 4 nitrogen and oxygen atoms in total. The molecule has 0 unspecified atom stereocenters. The van der Waals surface area contributed by atoms with Crippen LogP contribution in [-0.2, 0) is 10.3 Å². The predicted molar refractivity (Wildman–Crippen MR) is 95.9 cm³/mol. The molecule has 0 saturated heterocycles. The molecule has 0 N–H and O–H groups in total. The van der Waals surface area contributed by atoms with Crippen LogP contribution in [0.4, 0.5) is 14.5 Å². The number of oxime groups is 1. The minimum absolute atomic E-state index is 0.128. The molecule has 0 radical (unpaired) electrons. The Morgan fingerprint density at radius 1 is 1.12 bits per heavy atom. The van der Waals surface area contributed by atoms with E-state index in [4.69, 9.17) is 4.84 Å². The van der Waals surface area contributed by atoms with Gasteiger partial charge < -0.3 is 14.5 Å². The van der Waals surface area contributed by atoms with Gasteiger partial charge in [0.15, 0.2) is 0 Å². The molecule has 6 heteroatoms. The molecule has 4 rings (SSSR count). The topological polar surface area (TPSA) is 34.1 Å². The summed E-state index contributed by atoms with van der Waals surface area (Å²) in [5.74, 6) is 0.128. The van der Waals surface area contributed by atoms with Crippen molar-refractivity contribution in [3.63, 3.8) is 0 Å². The zero-order chi connectivity index (χ0) is 18.5. The largest absolute Gasteiger partial charge is 0.435 e. The zero-order valence-corrected chi connectivity index (χ0v) is 14.9. The zero-order valence-electron chi connectivity index (χ0n) is 14.9. The van der Waals surface area contributed by atoms with E-state index in [1.807, 2.05) is 19.2 Å². The SMILES string of the molecule is CN1c2ccccc2C(C)(C)[C@@]12CC(c1ccc(OC(F)F)cc1)=NO2. The summed E-state index contributed by atoms with van der Waals surface area (Å²) in [5, 5.41) is 4.35. The summed E-state index contributed by atoms with van der Waals surface area (Å²) in [6.45, 7) is 1.49. The van der Waals surface area contributed by atoms with Crippen molar-refractivity contribution in [1.82, 2.24) is 0 Å². The summed E-state index contributed by atoms with van der Waals surface area (Å²) in [5.41, 5.74) is 3.12. The van der Waals surface area contributed by atoms with Gasteiger partial charge in [-0.15, -0.1) is 0 Å². The number of para-hydroxylation sites is 1. The van der Waals surface area contributed by atoms with Crippen LogP contribution in [0.3, 0.4) is 0 Å². The van der Waals surface area contributed by atoms with Crippen molar-refractivity contribution in [2.45, 2.75) is 38.0 Å². The van der Waals surface area contributed by atoms with Gasteiger partial charge in [-0.1, -0.05) is 23.4 Å². The van der Waals surface area contributed by atoms with E-state index in [0.717, 1.165) is 17.0 Å². The molecule has 0 bridgehead atoms. The van der Waals surface area contributed by atoms with Gasteiger partial charge in [0.2, 0.25) is 5.72 Å². The van der Waals surface area contributed by atoms with E-state index >= 15 is 0 Å². The molecule has 0 aliphatic carbocycles. The van der Waals surface area contributed by atoms with Crippen LogP contribution in [0.5, 0.6) is 5.75 Å². The summed E-state index contributed by atoms with van der Waals surface area (Å²) in [7, 11) is 2.02. The minimum Gasteiger partial charge on any atom is -0.435 e. The van der Waals surface area contributed by atoms with Crippen molar-refractivity contribution in [1.29, 1.82) is 0 Å². The fourth-order valence-corrected chi connectivity index (χ4v) is 4.04. The summed E-state index contributed by atoms with van der Waals surface area (Å²) in [6, 6.07) is 14.8. The first kappa shape index (κ1) is 16.8. The molecule has 2 heterocycles. The van der Waals surface area contributed by atoms with Crippen LogP contribution < -0.4 is 9.64 Å². The fraction of sp³-hybridized carbons (Fsp3) is 0.350. The Kier molecular flexibility index (Phi) is 3.68. The molecule has 0 saturated carbocycles. The minimum atomic E-state index is -2.83. The number of rotatable bonds is 3. The molecular formula is C20H20F2N2O2. The number of likely N-dealkylation sites (N-methyl/N-ethyl adjacent to an activating group) is 1. The van der Waals surface area contributed by atoms with Gasteiger partial charge in [0.25, 0.3) is 0 Å². The van der Waals surface area contributed by atoms with Crippen LogP contribution in [0, 0.1) is 0 Å². The number of anilines is 1. The van der Waals surface area contributed by atoms with Crippen molar-refractivity contribution in [2.75, 3.05) is 11.9 Å². The highest BCUT2D eigenvalue weighted by Gasteiger charge is 2.61. The molecule has 1 spiro atoms. The lowest BCUT2D eigenvalue weighted by molar-refractivity contribution is -0.0591. The molecular weight excluding hydrogens is 338 g/mol. The number of halogens is 2. The molecule has 1 atom stereocenters. The van der Waals surface area contributed by atoms with Crippen LogP contribution in [0.25, 0.3) is 0 Å². The van der Waals surface area contributed by atoms with E-state index in [1.54, 1.807) is 12.1 Å². The molecule has 2 aliphatic heterocycles. The van der Waals surface area contributed by atoms with Crippen molar-refractivity contribution >= 4 is 11.4 Å². The number of hydrogen-bond acceptors (Lipinski definition) is 4. The Morgan fingerprint density at radius 2 is 1.81 bits per heavy atom. The maximum Gasteiger partial charge on any atom is 0.387 e. The Labute approximate surface area is 151 Å². The molecule has 26 heavy (non-hydrogen) atoms. The van der Waals surface area contributed by atoms with Gasteiger partial charge in [0.1, 0.15) is 5.75 Å². The molecule has 2 aromatic rings. The number of alkyl halides is 2. The quantitative estimate of drug-likeness (QED) is 0.808. The lowest BCUT2D eigenvalue weighted by Gasteiger charge is -2.40. The van der Waals surface area contributed by atoms with Crippen LogP contribution >= 0.6 is 0 Å². The highest BCUT2D eigenvalue weighted by Crippen LogP contribution is 2.55. The maximum atomic E-state index is 12.3. The van der Waals surface area contributed by atoms with Crippen LogP contribution in [-0.4, -0.2) is 25.1 Å². The first-order chi connectivity index (χ1) is 12.3. The first-order valence-electron chi connectivity index (χ1n) is 8.49. The van der Waals surface area contributed by atoms with Gasteiger partial charge >= 0.3 is 6.61 Å². The van der Waals surface area contributed by atoms with E-state index in [9.17, 15) is 8.78 Å².